The number of nitrogens with zero attached hydrogens (tertiary/aromatic N) is 3. The fraction of sp³-hybridized carbons (Fsp3) is 0. The Morgan fingerprint density at radius 1 is 0.340 bits per heavy atom. The highest BCUT2D eigenvalue weighted by molar-refractivity contribution is 6.23. The topological polar surface area (TPSA) is 51.8 Å². The highest BCUT2D eigenvalue weighted by Crippen LogP contribution is 2.43. The summed E-state index contributed by atoms with van der Waals surface area (Å²) in [6.45, 7) is 0. The maximum Gasteiger partial charge on any atom is 0.167 e. The van der Waals surface area contributed by atoms with Crippen molar-refractivity contribution in [3.63, 3.8) is 0 Å². The van der Waals surface area contributed by atoms with E-state index in [1.54, 1.807) is 0 Å². The lowest BCUT2D eigenvalue weighted by atomic mass is 9.93. The highest BCUT2D eigenvalue weighted by atomic mass is 16.3. The summed E-state index contributed by atoms with van der Waals surface area (Å²) in [5, 5.41) is 4.44. The van der Waals surface area contributed by atoms with Gasteiger partial charge in [0.25, 0.3) is 0 Å². The van der Waals surface area contributed by atoms with Crippen LogP contribution in [0.4, 0.5) is 0 Å². The van der Waals surface area contributed by atoms with E-state index in [1.807, 2.05) is 72.8 Å². The molecule has 0 amide bonds. The molecule has 0 aliphatic carbocycles. The second kappa shape index (κ2) is 11.2. The number of rotatable bonds is 5. The van der Waals surface area contributed by atoms with Crippen molar-refractivity contribution < 1.29 is 4.42 Å². The summed E-state index contributed by atoms with van der Waals surface area (Å²) in [7, 11) is 0. The van der Waals surface area contributed by atoms with Crippen LogP contribution in [0, 0.1) is 0 Å². The van der Waals surface area contributed by atoms with Gasteiger partial charge in [0.2, 0.25) is 0 Å². The van der Waals surface area contributed by atoms with Crippen molar-refractivity contribution in [3.8, 4) is 56.4 Å². The molecule has 0 unspecified atom stereocenters. The fourth-order valence-corrected chi connectivity index (χ4v) is 6.50. The summed E-state index contributed by atoms with van der Waals surface area (Å²) < 4.78 is 6.81. The van der Waals surface area contributed by atoms with Crippen LogP contribution in [0.2, 0.25) is 0 Å². The maximum atomic E-state index is 6.81. The van der Waals surface area contributed by atoms with Crippen LogP contribution < -0.4 is 0 Å². The molecular weight excluding hydrogens is 574 g/mol. The average molecular weight is 602 g/mol. The largest absolute Gasteiger partial charge is 0.455 e. The van der Waals surface area contributed by atoms with Crippen molar-refractivity contribution in [2.75, 3.05) is 0 Å². The Bertz CT molecular complexity index is 2500. The maximum absolute atomic E-state index is 6.81. The van der Waals surface area contributed by atoms with Crippen molar-refractivity contribution in [2.24, 2.45) is 0 Å². The normalized spacial score (nSPS) is 11.4. The average Bonchev–Trinajstić information content (AvgIpc) is 3.54. The van der Waals surface area contributed by atoms with Gasteiger partial charge in [-0.15, -0.1) is 0 Å². The van der Waals surface area contributed by atoms with E-state index >= 15 is 0 Å². The van der Waals surface area contributed by atoms with Crippen LogP contribution in [0.25, 0.3) is 89.1 Å². The summed E-state index contributed by atoms with van der Waals surface area (Å²) in [6.07, 6.45) is 0. The van der Waals surface area contributed by atoms with Gasteiger partial charge in [-0.25, -0.2) is 15.0 Å². The summed E-state index contributed by atoms with van der Waals surface area (Å²) >= 11 is 0. The molecule has 0 spiro atoms. The van der Waals surface area contributed by atoms with E-state index in [1.165, 1.54) is 16.5 Å². The van der Waals surface area contributed by atoms with Crippen LogP contribution in [-0.2, 0) is 0 Å². The van der Waals surface area contributed by atoms with Gasteiger partial charge in [-0.1, -0.05) is 146 Å². The first-order valence-corrected chi connectivity index (χ1v) is 15.7. The molecule has 0 saturated heterocycles. The molecule has 4 nitrogen and oxygen atoms in total. The third kappa shape index (κ3) is 4.75. The first-order valence-electron chi connectivity index (χ1n) is 15.7. The summed E-state index contributed by atoms with van der Waals surface area (Å²) in [5.41, 5.74) is 8.91. The molecule has 47 heavy (non-hydrogen) atoms. The van der Waals surface area contributed by atoms with Gasteiger partial charge in [0.15, 0.2) is 17.5 Å². The minimum Gasteiger partial charge on any atom is -0.455 e. The SMILES string of the molecule is c1ccc(-c2cccc(-c3cc4oc5c(-c6nc(-c7ccccc7)nc(-c7ccccc7)n6)cccc5c4c4ccccc34)c2)cc1. The smallest absolute Gasteiger partial charge is 0.167 e. The molecule has 7 aromatic carbocycles. The molecule has 0 fully saturated rings. The number of benzene rings is 7. The molecule has 0 radical (unpaired) electrons. The standard InChI is InChI=1S/C43H27N3O/c1-4-14-28(15-5-1)31-20-12-21-32(26-31)37-27-38-39(34-23-11-10-22-33(34)37)35-24-13-25-36(40(35)47-38)43-45-41(29-16-6-2-7-17-29)44-42(46-43)30-18-8-3-9-19-30/h1-27H. The van der Waals surface area contributed by atoms with E-state index in [-0.39, 0.29) is 0 Å². The van der Waals surface area contributed by atoms with Gasteiger partial charge >= 0.3 is 0 Å². The summed E-state index contributed by atoms with van der Waals surface area (Å²) in [4.78, 5) is 14.9. The Labute approximate surface area is 271 Å². The van der Waals surface area contributed by atoms with Crippen LogP contribution >= 0.6 is 0 Å². The van der Waals surface area contributed by atoms with E-state index < -0.39 is 0 Å². The molecule has 4 heteroatoms. The molecule has 2 aromatic heterocycles. The minimum absolute atomic E-state index is 0.572. The Hall–Kier alpha value is -6.39. The quantitative estimate of drug-likeness (QED) is 0.197. The first-order chi connectivity index (χ1) is 23.3. The van der Waals surface area contributed by atoms with Gasteiger partial charge in [0.05, 0.1) is 5.56 Å². The van der Waals surface area contributed by atoms with Crippen LogP contribution in [0.1, 0.15) is 0 Å². The zero-order valence-corrected chi connectivity index (χ0v) is 25.3. The lowest BCUT2D eigenvalue weighted by Gasteiger charge is -2.10. The number of fused-ring (bicyclic) bond motifs is 5. The lowest BCUT2D eigenvalue weighted by Crippen LogP contribution is -2.00. The Morgan fingerprint density at radius 2 is 0.851 bits per heavy atom. The Kier molecular flexibility index (Phi) is 6.43. The summed E-state index contributed by atoms with van der Waals surface area (Å²) in [5.74, 6) is 1.81. The highest BCUT2D eigenvalue weighted by Gasteiger charge is 2.20. The molecule has 220 valence electrons. The number of furan rings is 1. The molecule has 9 rings (SSSR count). The van der Waals surface area contributed by atoms with Crippen molar-refractivity contribution in [2.45, 2.75) is 0 Å². The minimum atomic E-state index is 0.572. The van der Waals surface area contributed by atoms with E-state index in [0.29, 0.717) is 17.5 Å². The second-order valence-corrected chi connectivity index (χ2v) is 11.6. The van der Waals surface area contributed by atoms with E-state index in [9.17, 15) is 0 Å². The molecule has 0 bridgehead atoms. The number of hydrogen-bond donors (Lipinski definition) is 0. The summed E-state index contributed by atoms with van der Waals surface area (Å²) in [6, 6.07) is 56.3. The number of para-hydroxylation sites is 1. The van der Waals surface area contributed by atoms with Gasteiger partial charge in [-0.05, 0) is 51.2 Å². The predicted molar refractivity (Wildman–Crippen MR) is 192 cm³/mol. The van der Waals surface area contributed by atoms with Crippen LogP contribution in [-0.4, -0.2) is 15.0 Å². The number of hydrogen-bond acceptors (Lipinski definition) is 4. The third-order valence-corrected chi connectivity index (χ3v) is 8.73. The van der Waals surface area contributed by atoms with Crippen LogP contribution in [0.5, 0.6) is 0 Å². The third-order valence-electron chi connectivity index (χ3n) is 8.73. The molecule has 0 N–H and O–H groups in total. The lowest BCUT2D eigenvalue weighted by molar-refractivity contribution is 0.670. The second-order valence-electron chi connectivity index (χ2n) is 11.6. The van der Waals surface area contributed by atoms with Gasteiger partial charge in [-0.2, -0.15) is 0 Å². The van der Waals surface area contributed by atoms with E-state index in [2.05, 4.69) is 91.0 Å². The monoisotopic (exact) mass is 601 g/mol. The van der Waals surface area contributed by atoms with Gasteiger partial charge in [0, 0.05) is 21.9 Å². The number of aromatic nitrogens is 3. The molecule has 0 saturated carbocycles. The van der Waals surface area contributed by atoms with Gasteiger partial charge in [-0.3, -0.25) is 0 Å². The Morgan fingerprint density at radius 3 is 1.53 bits per heavy atom. The van der Waals surface area contributed by atoms with Crippen LogP contribution in [0.3, 0.4) is 0 Å². The van der Waals surface area contributed by atoms with E-state index in [4.69, 9.17) is 19.4 Å². The molecule has 0 aliphatic heterocycles. The van der Waals surface area contributed by atoms with Gasteiger partial charge < -0.3 is 4.42 Å². The molecular formula is C43H27N3O. The molecule has 9 aromatic rings. The van der Waals surface area contributed by atoms with Crippen LogP contribution in [0.15, 0.2) is 168 Å². The predicted octanol–water partition coefficient (Wildman–Crippen LogP) is 11.3. The van der Waals surface area contributed by atoms with Crippen molar-refractivity contribution >= 4 is 32.7 Å². The van der Waals surface area contributed by atoms with Crippen molar-refractivity contribution in [1.82, 2.24) is 15.0 Å². The van der Waals surface area contributed by atoms with Gasteiger partial charge in [0.1, 0.15) is 11.2 Å². The zero-order chi connectivity index (χ0) is 31.2. The van der Waals surface area contributed by atoms with E-state index in [0.717, 1.165) is 55.1 Å². The molecule has 0 atom stereocenters. The first kappa shape index (κ1) is 27.0. The molecule has 2 heterocycles. The van der Waals surface area contributed by atoms with Crippen molar-refractivity contribution in [3.05, 3.63) is 164 Å². The van der Waals surface area contributed by atoms with Crippen molar-refractivity contribution in [1.29, 1.82) is 0 Å². The Balaban J connectivity index is 1.28. The zero-order valence-electron chi connectivity index (χ0n) is 25.3. The fourth-order valence-electron chi connectivity index (χ4n) is 6.50. The molecule has 0 aliphatic rings.